The molecule has 6 heteroatoms. The Kier molecular flexibility index (Phi) is 4.96. The fourth-order valence-corrected chi connectivity index (χ4v) is 1.46. The second-order valence-electron chi connectivity index (χ2n) is 4.12. The van der Waals surface area contributed by atoms with Crippen molar-refractivity contribution in [2.24, 2.45) is 0 Å². The van der Waals surface area contributed by atoms with Crippen LogP contribution in [0.5, 0.6) is 5.75 Å². The summed E-state index contributed by atoms with van der Waals surface area (Å²) >= 11 is 0. The van der Waals surface area contributed by atoms with Gasteiger partial charge in [-0.1, -0.05) is 13.8 Å². The number of rotatable bonds is 6. The molecule has 1 aromatic heterocycles. The highest BCUT2D eigenvalue weighted by molar-refractivity contribution is 5.49. The summed E-state index contributed by atoms with van der Waals surface area (Å²) < 4.78 is 5.06. The Bertz CT molecular complexity index is 403. The highest BCUT2D eigenvalue weighted by Crippen LogP contribution is 2.17. The van der Waals surface area contributed by atoms with Crippen molar-refractivity contribution in [2.45, 2.75) is 19.9 Å². The summed E-state index contributed by atoms with van der Waals surface area (Å²) in [6.45, 7) is 5.76. The average Bonchev–Trinajstić information content (AvgIpc) is 2.28. The summed E-state index contributed by atoms with van der Waals surface area (Å²) in [5.74, 6) is 0.807. The standard InChI is InChI=1S/C11H20N4O2/c1-8(2)12-5-6-15(3)10-9(17-4)11(16)14-7-13-10/h7-8,12H,5-6H2,1-4H3,(H,13,14,16). The first-order valence-electron chi connectivity index (χ1n) is 5.62. The molecule has 0 aliphatic heterocycles. The van der Waals surface area contributed by atoms with Gasteiger partial charge in [-0.2, -0.15) is 0 Å². The van der Waals surface area contributed by atoms with E-state index in [0.717, 1.165) is 13.1 Å². The molecule has 0 saturated heterocycles. The van der Waals surface area contributed by atoms with Crippen LogP contribution in [-0.2, 0) is 0 Å². The van der Waals surface area contributed by atoms with E-state index in [2.05, 4.69) is 29.1 Å². The summed E-state index contributed by atoms with van der Waals surface area (Å²) in [7, 11) is 3.35. The summed E-state index contributed by atoms with van der Waals surface area (Å²) in [5, 5.41) is 3.30. The van der Waals surface area contributed by atoms with Crippen molar-refractivity contribution in [3.05, 3.63) is 16.7 Å². The molecule has 0 aliphatic carbocycles. The molecule has 0 fully saturated rings. The summed E-state index contributed by atoms with van der Waals surface area (Å²) in [6.07, 6.45) is 1.38. The van der Waals surface area contributed by atoms with Crippen LogP contribution in [0.25, 0.3) is 0 Å². The summed E-state index contributed by atoms with van der Waals surface area (Å²) in [5.41, 5.74) is -0.263. The Morgan fingerprint density at radius 1 is 1.59 bits per heavy atom. The van der Waals surface area contributed by atoms with Crippen LogP contribution in [0.3, 0.4) is 0 Å². The summed E-state index contributed by atoms with van der Waals surface area (Å²) in [4.78, 5) is 20.0. The number of aromatic amines is 1. The molecule has 0 unspecified atom stereocenters. The highest BCUT2D eigenvalue weighted by atomic mass is 16.5. The van der Waals surface area contributed by atoms with E-state index in [1.807, 2.05) is 11.9 Å². The smallest absolute Gasteiger partial charge is 0.295 e. The van der Waals surface area contributed by atoms with E-state index in [4.69, 9.17) is 4.74 Å². The van der Waals surface area contributed by atoms with E-state index >= 15 is 0 Å². The van der Waals surface area contributed by atoms with Gasteiger partial charge in [0, 0.05) is 26.2 Å². The van der Waals surface area contributed by atoms with Gasteiger partial charge in [-0.3, -0.25) is 4.79 Å². The van der Waals surface area contributed by atoms with Gasteiger partial charge in [0.15, 0.2) is 5.82 Å². The molecule has 1 aromatic rings. The topological polar surface area (TPSA) is 70.2 Å². The lowest BCUT2D eigenvalue weighted by molar-refractivity contribution is 0.406. The number of nitrogens with one attached hydrogen (secondary N) is 2. The third-order valence-corrected chi connectivity index (χ3v) is 2.36. The van der Waals surface area contributed by atoms with Crippen molar-refractivity contribution in [2.75, 3.05) is 32.1 Å². The van der Waals surface area contributed by atoms with E-state index < -0.39 is 0 Å². The quantitative estimate of drug-likeness (QED) is 0.744. The lowest BCUT2D eigenvalue weighted by atomic mass is 10.4. The first kappa shape index (κ1) is 13.5. The third-order valence-electron chi connectivity index (χ3n) is 2.36. The molecule has 0 amide bonds. The maximum absolute atomic E-state index is 11.5. The van der Waals surface area contributed by atoms with Crippen LogP contribution in [-0.4, -0.2) is 43.3 Å². The zero-order chi connectivity index (χ0) is 12.8. The third kappa shape index (κ3) is 3.74. The van der Waals surface area contributed by atoms with Gasteiger partial charge in [-0.05, 0) is 0 Å². The van der Waals surface area contributed by atoms with Gasteiger partial charge >= 0.3 is 0 Å². The van der Waals surface area contributed by atoms with E-state index in [1.165, 1.54) is 13.4 Å². The molecule has 1 rings (SSSR count). The minimum absolute atomic E-state index is 0.250. The SMILES string of the molecule is COc1c(N(C)CCNC(C)C)nc[nH]c1=O. The van der Waals surface area contributed by atoms with Crippen LogP contribution in [0, 0.1) is 0 Å². The first-order valence-corrected chi connectivity index (χ1v) is 5.62. The predicted octanol–water partition coefficient (Wildman–Crippen LogP) is 0.213. The Hall–Kier alpha value is -1.56. The molecule has 0 aromatic carbocycles. The number of likely N-dealkylation sites (N-methyl/N-ethyl adjacent to an activating group) is 1. The minimum Gasteiger partial charge on any atom is -0.489 e. The van der Waals surface area contributed by atoms with E-state index in [-0.39, 0.29) is 11.3 Å². The fourth-order valence-electron chi connectivity index (χ4n) is 1.46. The van der Waals surface area contributed by atoms with Crippen molar-refractivity contribution in [1.82, 2.24) is 15.3 Å². The van der Waals surface area contributed by atoms with Crippen LogP contribution >= 0.6 is 0 Å². The molecule has 0 bridgehead atoms. The van der Waals surface area contributed by atoms with Gasteiger partial charge in [0.1, 0.15) is 0 Å². The maximum Gasteiger partial charge on any atom is 0.295 e. The van der Waals surface area contributed by atoms with Crippen LogP contribution in [0.4, 0.5) is 5.82 Å². The fraction of sp³-hybridized carbons (Fsp3) is 0.636. The van der Waals surface area contributed by atoms with Gasteiger partial charge in [0.25, 0.3) is 5.56 Å². The van der Waals surface area contributed by atoms with Gasteiger partial charge in [-0.15, -0.1) is 0 Å². The molecular weight excluding hydrogens is 220 g/mol. The minimum atomic E-state index is -0.263. The average molecular weight is 240 g/mol. The normalized spacial score (nSPS) is 10.6. The Labute approximate surface area is 101 Å². The monoisotopic (exact) mass is 240 g/mol. The second kappa shape index (κ2) is 6.24. The molecule has 0 radical (unpaired) electrons. The highest BCUT2D eigenvalue weighted by Gasteiger charge is 2.12. The van der Waals surface area contributed by atoms with Gasteiger partial charge < -0.3 is 19.9 Å². The number of aromatic nitrogens is 2. The number of H-pyrrole nitrogens is 1. The number of anilines is 1. The Morgan fingerprint density at radius 3 is 2.88 bits per heavy atom. The van der Waals surface area contributed by atoms with E-state index in [1.54, 1.807) is 0 Å². The molecule has 2 N–H and O–H groups in total. The van der Waals surface area contributed by atoms with Crippen LogP contribution < -0.4 is 20.5 Å². The molecule has 0 aliphatic rings. The van der Waals surface area contributed by atoms with Crippen molar-refractivity contribution in [1.29, 1.82) is 0 Å². The number of nitrogens with zero attached hydrogens (tertiary/aromatic N) is 2. The lowest BCUT2D eigenvalue weighted by Gasteiger charge is -2.20. The molecule has 1 heterocycles. The zero-order valence-electron chi connectivity index (χ0n) is 10.8. The molecule has 6 nitrogen and oxygen atoms in total. The Balaban J connectivity index is 2.71. The second-order valence-corrected chi connectivity index (χ2v) is 4.12. The van der Waals surface area contributed by atoms with Crippen molar-refractivity contribution in [3.8, 4) is 5.75 Å². The van der Waals surface area contributed by atoms with Crippen molar-refractivity contribution < 1.29 is 4.74 Å². The Morgan fingerprint density at radius 2 is 2.29 bits per heavy atom. The lowest BCUT2D eigenvalue weighted by Crippen LogP contribution is -2.34. The van der Waals surface area contributed by atoms with Crippen LogP contribution in [0.1, 0.15) is 13.8 Å². The molecule has 0 saturated carbocycles. The number of hydrogen-bond acceptors (Lipinski definition) is 5. The van der Waals surface area contributed by atoms with Gasteiger partial charge in [0.2, 0.25) is 5.75 Å². The van der Waals surface area contributed by atoms with E-state index in [0.29, 0.717) is 11.9 Å². The number of ether oxygens (including phenoxy) is 1. The first-order chi connectivity index (χ1) is 8.06. The van der Waals surface area contributed by atoms with Gasteiger partial charge in [-0.25, -0.2) is 4.98 Å². The van der Waals surface area contributed by atoms with Crippen molar-refractivity contribution in [3.63, 3.8) is 0 Å². The molecule has 0 atom stereocenters. The zero-order valence-corrected chi connectivity index (χ0v) is 10.8. The van der Waals surface area contributed by atoms with E-state index in [9.17, 15) is 4.79 Å². The predicted molar refractivity (Wildman–Crippen MR) is 67.8 cm³/mol. The number of methoxy groups -OCH3 is 1. The molecular formula is C11H20N4O2. The van der Waals surface area contributed by atoms with Gasteiger partial charge in [0.05, 0.1) is 13.4 Å². The number of hydrogen-bond donors (Lipinski definition) is 2. The molecule has 96 valence electrons. The van der Waals surface area contributed by atoms with Crippen molar-refractivity contribution >= 4 is 5.82 Å². The molecule has 0 spiro atoms. The largest absolute Gasteiger partial charge is 0.489 e. The van der Waals surface area contributed by atoms with Crippen LogP contribution in [0.15, 0.2) is 11.1 Å². The molecule has 17 heavy (non-hydrogen) atoms. The maximum atomic E-state index is 11.5. The summed E-state index contributed by atoms with van der Waals surface area (Å²) in [6, 6.07) is 0.442. The van der Waals surface area contributed by atoms with Crippen LogP contribution in [0.2, 0.25) is 0 Å².